The third-order valence-electron chi connectivity index (χ3n) is 2.50. The first-order chi connectivity index (χ1) is 7.43. The van der Waals surface area contributed by atoms with E-state index in [-0.39, 0.29) is 11.7 Å². The molecule has 88 valence electrons. The number of carbonyl (C=O) groups is 1. The molecule has 0 spiro atoms. The van der Waals surface area contributed by atoms with E-state index in [0.29, 0.717) is 21.5 Å². The van der Waals surface area contributed by atoms with E-state index in [2.05, 4.69) is 0 Å². The third-order valence-corrected chi connectivity index (χ3v) is 3.65. The molecule has 4 heteroatoms. The van der Waals surface area contributed by atoms with Crippen LogP contribution in [0.2, 0.25) is 15.1 Å². The fraction of sp³-hybridized carbons (Fsp3) is 0.417. The normalized spacial score (nSPS) is 12.6. The molecule has 0 aliphatic carbocycles. The summed E-state index contributed by atoms with van der Waals surface area (Å²) in [5, 5.41) is 1.59. The maximum Gasteiger partial charge on any atom is 0.129 e. The fourth-order valence-electron chi connectivity index (χ4n) is 1.56. The van der Waals surface area contributed by atoms with Gasteiger partial charge in [-0.3, -0.25) is 0 Å². The second-order valence-corrected chi connectivity index (χ2v) is 5.09. The van der Waals surface area contributed by atoms with Crippen molar-refractivity contribution in [2.75, 3.05) is 0 Å². The molecular formula is C12H13Cl3O. The molecule has 1 atom stereocenters. The van der Waals surface area contributed by atoms with Crippen LogP contribution >= 0.6 is 34.8 Å². The van der Waals surface area contributed by atoms with Crippen molar-refractivity contribution in [3.8, 4) is 0 Å². The molecule has 0 bridgehead atoms. The van der Waals surface area contributed by atoms with Gasteiger partial charge in [-0.15, -0.1) is 0 Å². The van der Waals surface area contributed by atoms with Crippen LogP contribution in [-0.2, 0) is 4.79 Å². The van der Waals surface area contributed by atoms with E-state index in [1.165, 1.54) is 0 Å². The molecule has 0 radical (unpaired) electrons. The van der Waals surface area contributed by atoms with Gasteiger partial charge in [-0.05, 0) is 37.0 Å². The van der Waals surface area contributed by atoms with Gasteiger partial charge in [-0.25, -0.2) is 0 Å². The zero-order valence-electron chi connectivity index (χ0n) is 9.19. The van der Waals surface area contributed by atoms with Crippen molar-refractivity contribution < 1.29 is 4.79 Å². The third kappa shape index (κ3) is 3.38. The summed E-state index contributed by atoms with van der Waals surface area (Å²) >= 11 is 18.1. The van der Waals surface area contributed by atoms with E-state index in [1.807, 2.05) is 6.92 Å². The Bertz CT molecular complexity index is 401. The lowest BCUT2D eigenvalue weighted by atomic mass is 9.95. The summed E-state index contributed by atoms with van der Waals surface area (Å²) in [6.07, 6.45) is 1.26. The number of rotatable bonds is 4. The minimum absolute atomic E-state index is 0.127. The summed E-state index contributed by atoms with van der Waals surface area (Å²) in [6.45, 7) is 3.57. The monoisotopic (exact) mass is 278 g/mol. The SMILES string of the molecule is CC(=O)CCC(C)c1c(Cl)ccc(Cl)c1Cl. The number of Topliss-reactive ketones (excluding diaryl/α,β-unsaturated/α-hetero) is 1. The van der Waals surface area contributed by atoms with Crippen LogP contribution in [0.3, 0.4) is 0 Å². The number of benzene rings is 1. The molecule has 1 nitrogen and oxygen atoms in total. The van der Waals surface area contributed by atoms with Gasteiger partial charge in [-0.1, -0.05) is 41.7 Å². The number of carbonyl (C=O) groups excluding carboxylic acids is 1. The molecule has 0 aliphatic rings. The zero-order chi connectivity index (χ0) is 12.3. The highest BCUT2D eigenvalue weighted by atomic mass is 35.5. The van der Waals surface area contributed by atoms with E-state index in [0.717, 1.165) is 12.0 Å². The van der Waals surface area contributed by atoms with Crippen molar-refractivity contribution in [2.45, 2.75) is 32.6 Å². The van der Waals surface area contributed by atoms with Crippen LogP contribution in [0.1, 0.15) is 38.2 Å². The van der Waals surface area contributed by atoms with Gasteiger partial charge in [0.1, 0.15) is 5.78 Å². The first kappa shape index (κ1) is 13.8. The molecule has 0 saturated carbocycles. The molecule has 0 saturated heterocycles. The topological polar surface area (TPSA) is 17.1 Å². The Kier molecular flexibility index (Phi) is 5.10. The molecule has 1 unspecified atom stereocenters. The maximum atomic E-state index is 10.9. The Hall–Kier alpha value is -0.240. The van der Waals surface area contributed by atoms with E-state index >= 15 is 0 Å². The summed E-state index contributed by atoms with van der Waals surface area (Å²) in [7, 11) is 0. The van der Waals surface area contributed by atoms with Gasteiger partial charge < -0.3 is 4.79 Å². The highest BCUT2D eigenvalue weighted by Crippen LogP contribution is 2.38. The molecule has 16 heavy (non-hydrogen) atoms. The molecule has 1 aromatic rings. The summed E-state index contributed by atoms with van der Waals surface area (Å²) in [5.74, 6) is 0.295. The highest BCUT2D eigenvalue weighted by Gasteiger charge is 2.16. The van der Waals surface area contributed by atoms with Gasteiger partial charge >= 0.3 is 0 Å². The fourth-order valence-corrected chi connectivity index (χ4v) is 2.47. The van der Waals surface area contributed by atoms with Crippen molar-refractivity contribution >= 4 is 40.6 Å². The summed E-state index contributed by atoms with van der Waals surface area (Å²) in [4.78, 5) is 10.9. The Balaban J connectivity index is 2.94. The van der Waals surface area contributed by atoms with Gasteiger partial charge in [-0.2, -0.15) is 0 Å². The van der Waals surface area contributed by atoms with Gasteiger partial charge in [0.2, 0.25) is 0 Å². The molecule has 0 fully saturated rings. The zero-order valence-corrected chi connectivity index (χ0v) is 11.5. The standard InChI is InChI=1S/C12H13Cl3O/c1-7(3-4-8(2)16)11-9(13)5-6-10(14)12(11)15/h5-7H,3-4H2,1-2H3. The molecule has 1 rings (SSSR count). The largest absolute Gasteiger partial charge is 0.300 e. The van der Waals surface area contributed by atoms with Gasteiger partial charge in [0, 0.05) is 11.4 Å². The molecule has 0 amide bonds. The van der Waals surface area contributed by atoms with E-state index in [4.69, 9.17) is 34.8 Å². The molecule has 0 heterocycles. The van der Waals surface area contributed by atoms with E-state index in [1.54, 1.807) is 19.1 Å². The Labute approximate surface area is 111 Å². The first-order valence-electron chi connectivity index (χ1n) is 5.06. The lowest BCUT2D eigenvalue weighted by Gasteiger charge is -2.15. The highest BCUT2D eigenvalue weighted by molar-refractivity contribution is 6.44. The lowest BCUT2D eigenvalue weighted by molar-refractivity contribution is -0.117. The Morgan fingerprint density at radius 3 is 2.38 bits per heavy atom. The van der Waals surface area contributed by atoms with E-state index in [9.17, 15) is 4.79 Å². The van der Waals surface area contributed by atoms with Crippen molar-refractivity contribution in [3.63, 3.8) is 0 Å². The summed E-state index contributed by atoms with van der Waals surface area (Å²) in [6, 6.07) is 3.41. The molecule has 0 aromatic heterocycles. The first-order valence-corrected chi connectivity index (χ1v) is 6.19. The predicted molar refractivity (Wildman–Crippen MR) is 69.8 cm³/mol. The van der Waals surface area contributed by atoms with Crippen molar-refractivity contribution in [2.24, 2.45) is 0 Å². The van der Waals surface area contributed by atoms with E-state index < -0.39 is 0 Å². The number of ketones is 1. The second kappa shape index (κ2) is 5.90. The van der Waals surface area contributed by atoms with Crippen molar-refractivity contribution in [3.05, 3.63) is 32.8 Å². The van der Waals surface area contributed by atoms with Crippen molar-refractivity contribution in [1.29, 1.82) is 0 Å². The van der Waals surface area contributed by atoms with Gasteiger partial charge in [0.15, 0.2) is 0 Å². The van der Waals surface area contributed by atoms with Crippen LogP contribution in [0.25, 0.3) is 0 Å². The molecule has 0 N–H and O–H groups in total. The van der Waals surface area contributed by atoms with Gasteiger partial charge in [0.25, 0.3) is 0 Å². The minimum Gasteiger partial charge on any atom is -0.300 e. The average Bonchev–Trinajstić information content (AvgIpc) is 2.21. The number of hydrogen-bond donors (Lipinski definition) is 0. The van der Waals surface area contributed by atoms with Crippen LogP contribution in [0.15, 0.2) is 12.1 Å². The quantitative estimate of drug-likeness (QED) is 0.699. The minimum atomic E-state index is 0.127. The summed E-state index contributed by atoms with van der Waals surface area (Å²) in [5.41, 5.74) is 0.831. The van der Waals surface area contributed by atoms with Crippen LogP contribution < -0.4 is 0 Å². The van der Waals surface area contributed by atoms with Crippen LogP contribution in [0.4, 0.5) is 0 Å². The molecule has 1 aromatic carbocycles. The van der Waals surface area contributed by atoms with Crippen LogP contribution in [0, 0.1) is 0 Å². The number of halogens is 3. The predicted octanol–water partition coefficient (Wildman–Crippen LogP) is 5.12. The average molecular weight is 280 g/mol. The Morgan fingerprint density at radius 1 is 1.25 bits per heavy atom. The molecular weight excluding hydrogens is 266 g/mol. The van der Waals surface area contributed by atoms with Gasteiger partial charge in [0.05, 0.1) is 10.0 Å². The molecule has 0 aliphatic heterocycles. The summed E-state index contributed by atoms with van der Waals surface area (Å²) < 4.78 is 0. The number of hydrogen-bond acceptors (Lipinski definition) is 1. The lowest BCUT2D eigenvalue weighted by Crippen LogP contribution is -2.00. The van der Waals surface area contributed by atoms with Crippen molar-refractivity contribution in [1.82, 2.24) is 0 Å². The second-order valence-electron chi connectivity index (χ2n) is 3.90. The maximum absolute atomic E-state index is 10.9. The smallest absolute Gasteiger partial charge is 0.129 e. The van der Waals surface area contributed by atoms with Crippen LogP contribution in [-0.4, -0.2) is 5.78 Å². The Morgan fingerprint density at radius 2 is 1.81 bits per heavy atom. The van der Waals surface area contributed by atoms with Crippen LogP contribution in [0.5, 0.6) is 0 Å².